The Morgan fingerprint density at radius 2 is 2.05 bits per heavy atom. The van der Waals surface area contributed by atoms with Crippen LogP contribution >= 0.6 is 11.8 Å². The van der Waals surface area contributed by atoms with E-state index in [0.29, 0.717) is 12.8 Å². The van der Waals surface area contributed by atoms with Crippen LogP contribution in [0.4, 0.5) is 0 Å². The second-order valence-corrected chi connectivity index (χ2v) is 7.02. The maximum Gasteiger partial charge on any atom is 0.326 e. The molecule has 122 valence electrons. The van der Waals surface area contributed by atoms with Crippen LogP contribution in [-0.4, -0.2) is 28.8 Å². The van der Waals surface area contributed by atoms with E-state index in [4.69, 9.17) is 5.11 Å². The topological polar surface area (TPSA) is 66.4 Å². The Morgan fingerprint density at radius 1 is 1.32 bits per heavy atom. The summed E-state index contributed by atoms with van der Waals surface area (Å²) in [5, 5.41) is 11.7. The number of carboxylic acids is 1. The minimum atomic E-state index is -0.962. The van der Waals surface area contributed by atoms with Gasteiger partial charge in [0.1, 0.15) is 6.04 Å². The third kappa shape index (κ3) is 7.50. The van der Waals surface area contributed by atoms with Gasteiger partial charge >= 0.3 is 5.97 Å². The molecule has 0 saturated heterocycles. The third-order valence-corrected chi connectivity index (χ3v) is 4.23. The van der Waals surface area contributed by atoms with Gasteiger partial charge in [-0.25, -0.2) is 4.79 Å². The quantitative estimate of drug-likeness (QED) is 0.539. The Hall–Kier alpha value is -1.49. The average molecular weight is 323 g/mol. The van der Waals surface area contributed by atoms with E-state index in [1.165, 1.54) is 10.5 Å². The predicted octanol–water partition coefficient (Wildman–Crippen LogP) is 3.48. The molecule has 0 heterocycles. The monoisotopic (exact) mass is 323 g/mol. The number of carboxylic acid groups (broad SMARTS) is 1. The first-order chi connectivity index (χ1) is 10.4. The number of hydrogen-bond donors (Lipinski definition) is 2. The number of carbonyl (C=O) groups is 2. The summed E-state index contributed by atoms with van der Waals surface area (Å²) in [6.45, 7) is 5.94. The van der Waals surface area contributed by atoms with Crippen molar-refractivity contribution in [1.29, 1.82) is 0 Å². The van der Waals surface area contributed by atoms with E-state index in [1.807, 2.05) is 19.9 Å². The van der Waals surface area contributed by atoms with E-state index in [2.05, 4.69) is 30.4 Å². The van der Waals surface area contributed by atoms with E-state index in [-0.39, 0.29) is 11.8 Å². The van der Waals surface area contributed by atoms with Crippen LogP contribution in [0.15, 0.2) is 29.2 Å². The van der Waals surface area contributed by atoms with Gasteiger partial charge in [-0.05, 0) is 43.6 Å². The lowest BCUT2D eigenvalue weighted by Crippen LogP contribution is -2.41. The molecule has 0 aliphatic rings. The summed E-state index contributed by atoms with van der Waals surface area (Å²) in [5.74, 6) is -0.0638. The molecule has 2 N–H and O–H groups in total. The third-order valence-electron chi connectivity index (χ3n) is 3.15. The summed E-state index contributed by atoms with van der Waals surface area (Å²) in [6, 6.07) is 7.47. The van der Waals surface area contributed by atoms with Gasteiger partial charge in [0.2, 0.25) is 5.91 Å². The Labute approximate surface area is 136 Å². The number of hydrogen-bond acceptors (Lipinski definition) is 3. The molecule has 0 spiro atoms. The molecule has 0 aliphatic heterocycles. The van der Waals surface area contributed by atoms with Crippen LogP contribution in [0.3, 0.4) is 0 Å². The molecule has 4 nitrogen and oxygen atoms in total. The Morgan fingerprint density at radius 3 is 2.64 bits per heavy atom. The summed E-state index contributed by atoms with van der Waals surface area (Å²) >= 11 is 1.72. The zero-order chi connectivity index (χ0) is 16.5. The fraction of sp³-hybridized carbons (Fsp3) is 0.529. The Balaban J connectivity index is 2.29. The van der Waals surface area contributed by atoms with Gasteiger partial charge in [0.05, 0.1) is 0 Å². The summed E-state index contributed by atoms with van der Waals surface area (Å²) in [7, 11) is 0. The van der Waals surface area contributed by atoms with Crippen LogP contribution in [0.25, 0.3) is 0 Å². The number of nitrogens with one attached hydrogen (secondary N) is 1. The molecule has 22 heavy (non-hydrogen) atoms. The molecule has 0 saturated carbocycles. The van der Waals surface area contributed by atoms with Gasteiger partial charge < -0.3 is 10.4 Å². The lowest BCUT2D eigenvalue weighted by atomic mass is 10.0. The smallest absolute Gasteiger partial charge is 0.326 e. The van der Waals surface area contributed by atoms with Gasteiger partial charge in [0.25, 0.3) is 0 Å². The zero-order valence-electron chi connectivity index (χ0n) is 13.5. The number of rotatable bonds is 9. The second-order valence-electron chi connectivity index (χ2n) is 5.86. The Bertz CT molecular complexity index is 502. The van der Waals surface area contributed by atoms with E-state index in [0.717, 1.165) is 12.2 Å². The van der Waals surface area contributed by atoms with E-state index < -0.39 is 12.0 Å². The number of carbonyl (C=O) groups excluding carboxylic acids is 1. The molecule has 0 aliphatic carbocycles. The van der Waals surface area contributed by atoms with Gasteiger partial charge in [-0.1, -0.05) is 31.5 Å². The summed E-state index contributed by atoms with van der Waals surface area (Å²) in [5.41, 5.74) is 1.22. The summed E-state index contributed by atoms with van der Waals surface area (Å²) in [4.78, 5) is 24.1. The number of amides is 1. The van der Waals surface area contributed by atoms with Crippen LogP contribution in [-0.2, 0) is 9.59 Å². The molecule has 0 aromatic heterocycles. The highest BCUT2D eigenvalue weighted by atomic mass is 32.2. The first-order valence-electron chi connectivity index (χ1n) is 7.60. The van der Waals surface area contributed by atoms with Crippen molar-refractivity contribution in [2.24, 2.45) is 5.92 Å². The fourth-order valence-corrected chi connectivity index (χ4v) is 3.06. The van der Waals surface area contributed by atoms with E-state index in [9.17, 15) is 9.59 Å². The minimum Gasteiger partial charge on any atom is -0.480 e. The van der Waals surface area contributed by atoms with E-state index >= 15 is 0 Å². The van der Waals surface area contributed by atoms with Crippen molar-refractivity contribution in [2.45, 2.75) is 51.0 Å². The summed E-state index contributed by atoms with van der Waals surface area (Å²) in [6.07, 6.45) is 1.55. The van der Waals surface area contributed by atoms with Crippen LogP contribution in [0.5, 0.6) is 0 Å². The first-order valence-corrected chi connectivity index (χ1v) is 8.58. The molecule has 1 rings (SSSR count). The largest absolute Gasteiger partial charge is 0.480 e. The number of benzene rings is 1. The molecule has 1 aromatic carbocycles. The maximum atomic E-state index is 11.8. The van der Waals surface area contributed by atoms with E-state index in [1.54, 1.807) is 11.8 Å². The number of aliphatic carboxylic acids is 1. The lowest BCUT2D eigenvalue weighted by Gasteiger charge is -2.16. The van der Waals surface area contributed by atoms with Crippen molar-refractivity contribution in [1.82, 2.24) is 5.32 Å². The molecule has 5 heteroatoms. The summed E-state index contributed by atoms with van der Waals surface area (Å²) < 4.78 is 0. The van der Waals surface area contributed by atoms with Gasteiger partial charge in [-0.15, -0.1) is 11.8 Å². The highest BCUT2D eigenvalue weighted by Gasteiger charge is 2.20. The van der Waals surface area contributed by atoms with Crippen LogP contribution in [0, 0.1) is 12.8 Å². The zero-order valence-corrected chi connectivity index (χ0v) is 14.3. The van der Waals surface area contributed by atoms with Crippen molar-refractivity contribution in [3.63, 3.8) is 0 Å². The molecule has 1 amide bonds. The number of thioether (sulfide) groups is 1. The van der Waals surface area contributed by atoms with Gasteiger partial charge in [0.15, 0.2) is 0 Å². The molecule has 1 aromatic rings. The molecule has 0 bridgehead atoms. The van der Waals surface area contributed by atoms with Gasteiger partial charge in [-0.2, -0.15) is 0 Å². The molecular formula is C17H25NO3S. The van der Waals surface area contributed by atoms with Gasteiger partial charge in [0, 0.05) is 11.3 Å². The van der Waals surface area contributed by atoms with Crippen LogP contribution < -0.4 is 5.32 Å². The fourth-order valence-electron chi connectivity index (χ4n) is 2.09. The molecule has 0 radical (unpaired) electrons. The first kappa shape index (κ1) is 18.6. The predicted molar refractivity (Wildman–Crippen MR) is 90.2 cm³/mol. The molecule has 1 atom stereocenters. The number of aryl methyl sites for hydroxylation is 1. The van der Waals surface area contributed by atoms with Crippen molar-refractivity contribution in [2.75, 3.05) is 5.75 Å². The highest BCUT2D eigenvalue weighted by Crippen LogP contribution is 2.20. The van der Waals surface area contributed by atoms with Crippen molar-refractivity contribution in [3.8, 4) is 0 Å². The molecular weight excluding hydrogens is 298 g/mol. The highest BCUT2D eigenvalue weighted by molar-refractivity contribution is 7.99. The van der Waals surface area contributed by atoms with Crippen molar-refractivity contribution < 1.29 is 14.7 Å². The van der Waals surface area contributed by atoms with Crippen LogP contribution in [0.1, 0.15) is 38.7 Å². The van der Waals surface area contributed by atoms with Crippen molar-refractivity contribution >= 4 is 23.6 Å². The van der Waals surface area contributed by atoms with Crippen molar-refractivity contribution in [3.05, 3.63) is 29.8 Å². The van der Waals surface area contributed by atoms with Gasteiger partial charge in [-0.3, -0.25) is 4.79 Å². The standard InChI is InChI=1S/C17H25NO3S/c1-12(2)10-15(17(20)21)18-16(19)8-5-9-22-14-7-4-6-13(3)11-14/h4,6-7,11-12,15H,5,8-10H2,1-3H3,(H,18,19)(H,20,21). The minimum absolute atomic E-state index is 0.183. The molecule has 1 unspecified atom stereocenters. The average Bonchev–Trinajstić information content (AvgIpc) is 2.42. The Kier molecular flexibility index (Phi) is 8.02. The second kappa shape index (κ2) is 9.51. The molecule has 0 fully saturated rings. The van der Waals surface area contributed by atoms with Crippen LogP contribution in [0.2, 0.25) is 0 Å². The normalized spacial score (nSPS) is 12.2. The lowest BCUT2D eigenvalue weighted by molar-refractivity contribution is -0.142. The maximum absolute atomic E-state index is 11.8. The SMILES string of the molecule is Cc1cccc(SCCCC(=O)NC(CC(C)C)C(=O)O)c1.